The van der Waals surface area contributed by atoms with Gasteiger partial charge in [-0.3, -0.25) is 14.2 Å². The van der Waals surface area contributed by atoms with Crippen molar-refractivity contribution in [1.29, 1.82) is 0 Å². The molecule has 1 aromatic heterocycles. The molecule has 1 amide bonds. The van der Waals surface area contributed by atoms with Crippen molar-refractivity contribution in [3.63, 3.8) is 0 Å². The lowest BCUT2D eigenvalue weighted by atomic mass is 9.96. The molecule has 0 radical (unpaired) electrons. The van der Waals surface area contributed by atoms with Crippen LogP contribution < -0.4 is 10.5 Å². The topological polar surface area (TPSA) is 49.9 Å². The maximum Gasteiger partial charge on any atom is 0.262 e. The van der Waals surface area contributed by atoms with Gasteiger partial charge in [-0.1, -0.05) is 36.4 Å². The van der Waals surface area contributed by atoms with Gasteiger partial charge in [0.25, 0.3) is 5.56 Å². The van der Waals surface area contributed by atoms with Crippen molar-refractivity contribution in [1.82, 2.24) is 9.47 Å². The van der Waals surface area contributed by atoms with Crippen molar-refractivity contribution in [2.45, 2.75) is 25.8 Å². The molecule has 6 heteroatoms. The lowest BCUT2D eigenvalue weighted by Crippen LogP contribution is -2.51. The third kappa shape index (κ3) is 3.64. The van der Waals surface area contributed by atoms with Gasteiger partial charge in [-0.2, -0.15) is 0 Å². The zero-order valence-corrected chi connectivity index (χ0v) is 20.1. The number of benzene rings is 3. The van der Waals surface area contributed by atoms with E-state index < -0.39 is 0 Å². The van der Waals surface area contributed by atoms with Gasteiger partial charge in [0, 0.05) is 55.1 Å². The Morgan fingerprint density at radius 3 is 2.42 bits per heavy atom. The van der Waals surface area contributed by atoms with Crippen molar-refractivity contribution in [2.24, 2.45) is 0 Å². The van der Waals surface area contributed by atoms with Crippen molar-refractivity contribution in [3.05, 3.63) is 100 Å². The monoisotopic (exact) mass is 474 g/mol. The molecule has 3 heterocycles. The Hall–Kier alpha value is -4.37. The van der Waals surface area contributed by atoms with Crippen LogP contribution in [-0.2, 0) is 4.79 Å². The highest BCUT2D eigenvalue weighted by atomic mass is 16.2. The molecular formula is C30H26N4O2. The Kier molecular flexibility index (Phi) is 5.34. The number of carbonyl (C=O) groups excluding carboxylic acids is 1. The van der Waals surface area contributed by atoms with Gasteiger partial charge in [0.2, 0.25) is 5.91 Å². The maximum atomic E-state index is 13.6. The quantitative estimate of drug-likeness (QED) is 0.377. The second kappa shape index (κ2) is 8.69. The first kappa shape index (κ1) is 22.1. The minimum absolute atomic E-state index is 0.0546. The molecule has 2 aliphatic rings. The van der Waals surface area contributed by atoms with E-state index in [9.17, 15) is 9.59 Å². The first-order valence-electron chi connectivity index (χ1n) is 12.3. The van der Waals surface area contributed by atoms with Crippen LogP contribution in [0.4, 0.5) is 11.4 Å². The van der Waals surface area contributed by atoms with Gasteiger partial charge in [-0.05, 0) is 65.8 Å². The standard InChI is InChI=1S/C30H26N4O2/c1-20-18-34(24-12-10-23(11-13-24)32-16-17-33-25(19-32)14-15-28(33)35)30(36)27-5-3-4-26(29(20)27)21-6-8-22(31-2)9-7-21/h3-13,18,25H,14-17,19H2,1H3/t25-/m0/s1. The van der Waals surface area contributed by atoms with E-state index in [-0.39, 0.29) is 11.5 Å². The molecule has 36 heavy (non-hydrogen) atoms. The number of nitrogens with zero attached hydrogens (tertiary/aromatic N) is 4. The molecule has 0 N–H and O–H groups in total. The molecule has 2 aliphatic heterocycles. The third-order valence-electron chi connectivity index (χ3n) is 7.53. The number of hydrogen-bond donors (Lipinski definition) is 0. The fourth-order valence-corrected chi connectivity index (χ4v) is 5.67. The molecule has 2 saturated heterocycles. The average Bonchev–Trinajstić information content (AvgIpc) is 3.30. The second-order valence-corrected chi connectivity index (χ2v) is 9.62. The summed E-state index contributed by atoms with van der Waals surface area (Å²) in [5.74, 6) is 0.282. The summed E-state index contributed by atoms with van der Waals surface area (Å²) >= 11 is 0. The smallest absolute Gasteiger partial charge is 0.262 e. The van der Waals surface area contributed by atoms with Crippen LogP contribution in [-0.4, -0.2) is 41.1 Å². The van der Waals surface area contributed by atoms with E-state index in [2.05, 4.69) is 21.9 Å². The predicted molar refractivity (Wildman–Crippen MR) is 143 cm³/mol. The zero-order chi connectivity index (χ0) is 24.8. The molecule has 6 nitrogen and oxygen atoms in total. The van der Waals surface area contributed by atoms with Gasteiger partial charge >= 0.3 is 0 Å². The molecule has 4 aromatic rings. The van der Waals surface area contributed by atoms with E-state index in [1.165, 1.54) is 0 Å². The van der Waals surface area contributed by atoms with E-state index in [0.717, 1.165) is 59.5 Å². The summed E-state index contributed by atoms with van der Waals surface area (Å²) in [6, 6.07) is 21.8. The highest BCUT2D eigenvalue weighted by Crippen LogP contribution is 2.32. The molecule has 6 rings (SSSR count). The zero-order valence-electron chi connectivity index (χ0n) is 20.1. The molecule has 0 aliphatic carbocycles. The third-order valence-corrected chi connectivity index (χ3v) is 7.53. The van der Waals surface area contributed by atoms with Gasteiger partial charge in [0.05, 0.1) is 6.57 Å². The summed E-state index contributed by atoms with van der Waals surface area (Å²) in [4.78, 5) is 33.4. The Balaban J connectivity index is 1.34. The summed E-state index contributed by atoms with van der Waals surface area (Å²) < 4.78 is 1.72. The number of rotatable bonds is 3. The lowest BCUT2D eigenvalue weighted by Gasteiger charge is -2.38. The van der Waals surface area contributed by atoms with Crippen LogP contribution >= 0.6 is 0 Å². The molecule has 0 saturated carbocycles. The molecule has 178 valence electrons. The highest BCUT2D eigenvalue weighted by Gasteiger charge is 2.35. The number of amides is 1. The largest absolute Gasteiger partial charge is 0.368 e. The molecular weight excluding hydrogens is 448 g/mol. The molecule has 3 aromatic carbocycles. The van der Waals surface area contributed by atoms with Crippen molar-refractivity contribution < 1.29 is 4.79 Å². The van der Waals surface area contributed by atoms with E-state index in [4.69, 9.17) is 6.57 Å². The Morgan fingerprint density at radius 2 is 1.67 bits per heavy atom. The van der Waals surface area contributed by atoms with E-state index in [1.807, 2.05) is 72.6 Å². The second-order valence-electron chi connectivity index (χ2n) is 9.62. The molecule has 0 spiro atoms. The fourth-order valence-electron chi connectivity index (χ4n) is 5.67. The van der Waals surface area contributed by atoms with Crippen LogP contribution in [0.15, 0.2) is 77.7 Å². The molecule has 1 atom stereocenters. The predicted octanol–water partition coefficient (Wildman–Crippen LogP) is 5.33. The highest BCUT2D eigenvalue weighted by molar-refractivity contribution is 5.98. The number of hydrogen-bond acceptors (Lipinski definition) is 3. The SMILES string of the molecule is [C-]#[N+]c1ccc(-c2cccc3c(=O)n(-c4ccc(N5CCN6C(=O)CC[C@H]6C5)cc4)cc(C)c23)cc1. The van der Waals surface area contributed by atoms with Gasteiger partial charge < -0.3 is 9.80 Å². The van der Waals surface area contributed by atoms with Gasteiger partial charge in [-0.25, -0.2) is 4.85 Å². The number of aromatic nitrogens is 1. The number of piperazine rings is 1. The van der Waals surface area contributed by atoms with E-state index in [1.54, 1.807) is 4.57 Å². The van der Waals surface area contributed by atoms with Crippen molar-refractivity contribution >= 4 is 28.1 Å². The van der Waals surface area contributed by atoms with Crippen LogP contribution in [0.3, 0.4) is 0 Å². The number of pyridine rings is 1. The van der Waals surface area contributed by atoms with Crippen LogP contribution in [0.2, 0.25) is 0 Å². The first-order valence-corrected chi connectivity index (χ1v) is 12.3. The summed E-state index contributed by atoms with van der Waals surface area (Å²) in [6.07, 6.45) is 3.51. The lowest BCUT2D eigenvalue weighted by molar-refractivity contribution is -0.129. The minimum atomic E-state index is -0.0546. The van der Waals surface area contributed by atoms with Crippen molar-refractivity contribution in [3.8, 4) is 16.8 Å². The van der Waals surface area contributed by atoms with E-state index in [0.29, 0.717) is 23.5 Å². The van der Waals surface area contributed by atoms with Gasteiger partial charge in [0.15, 0.2) is 5.69 Å². The normalized spacial score (nSPS) is 17.3. The number of aryl methyl sites for hydroxylation is 1. The minimum Gasteiger partial charge on any atom is -0.368 e. The Morgan fingerprint density at radius 1 is 0.917 bits per heavy atom. The van der Waals surface area contributed by atoms with Crippen LogP contribution in [0.5, 0.6) is 0 Å². The summed E-state index contributed by atoms with van der Waals surface area (Å²) in [7, 11) is 0. The summed E-state index contributed by atoms with van der Waals surface area (Å²) in [6.45, 7) is 11.7. The fraction of sp³-hybridized carbons (Fsp3) is 0.233. The van der Waals surface area contributed by atoms with Crippen LogP contribution in [0, 0.1) is 13.5 Å². The average molecular weight is 475 g/mol. The van der Waals surface area contributed by atoms with E-state index >= 15 is 0 Å². The Bertz CT molecular complexity index is 1580. The molecule has 0 unspecified atom stereocenters. The maximum absolute atomic E-state index is 13.6. The molecule has 2 fully saturated rings. The van der Waals surface area contributed by atoms with Gasteiger partial charge in [-0.15, -0.1) is 0 Å². The number of fused-ring (bicyclic) bond motifs is 2. The molecule has 0 bridgehead atoms. The summed E-state index contributed by atoms with van der Waals surface area (Å²) in [5, 5.41) is 1.61. The summed E-state index contributed by atoms with van der Waals surface area (Å²) in [5.41, 5.74) is 5.48. The first-order chi connectivity index (χ1) is 17.5. The number of carbonyl (C=O) groups is 1. The number of anilines is 1. The van der Waals surface area contributed by atoms with Crippen LogP contribution in [0.1, 0.15) is 18.4 Å². The Labute approximate surface area is 209 Å². The van der Waals surface area contributed by atoms with Crippen molar-refractivity contribution in [2.75, 3.05) is 24.5 Å². The van der Waals surface area contributed by atoms with Gasteiger partial charge in [0.1, 0.15) is 0 Å². The van der Waals surface area contributed by atoms with Crippen LogP contribution in [0.25, 0.3) is 32.4 Å².